The van der Waals surface area contributed by atoms with Gasteiger partial charge in [0.1, 0.15) is 0 Å². The Hall–Kier alpha value is -2.03. The molecule has 0 saturated carbocycles. The molecule has 1 heterocycles. The van der Waals surface area contributed by atoms with Gasteiger partial charge in [-0.3, -0.25) is 0 Å². The van der Waals surface area contributed by atoms with E-state index in [0.29, 0.717) is 5.69 Å². The van der Waals surface area contributed by atoms with Crippen LogP contribution in [0.25, 0.3) is 16.5 Å². The maximum Gasteiger partial charge on any atom is 0.337 e. The molecule has 0 atom stereocenters. The van der Waals surface area contributed by atoms with Gasteiger partial charge in [-0.2, -0.15) is 0 Å². The van der Waals surface area contributed by atoms with Crippen molar-refractivity contribution in [1.82, 2.24) is 4.98 Å². The fraction of sp³-hybridized carbons (Fsp3) is 0. The molecule has 0 unspecified atom stereocenters. The van der Waals surface area contributed by atoms with E-state index in [1.54, 1.807) is 6.07 Å². The number of carboxylic acid groups (broad SMARTS) is 1. The van der Waals surface area contributed by atoms with Crippen LogP contribution in [-0.2, 0) is 4.79 Å². The van der Waals surface area contributed by atoms with Crippen molar-refractivity contribution in [1.29, 1.82) is 0 Å². The third kappa shape index (κ3) is 1.29. The number of aromatic nitrogens is 1. The van der Waals surface area contributed by atoms with Crippen LogP contribution in [0.3, 0.4) is 0 Å². The largest absolute Gasteiger partial charge is 0.478 e. The fourth-order valence-electron chi connectivity index (χ4n) is 1.35. The number of para-hydroxylation sites is 1. The second-order valence-electron chi connectivity index (χ2n) is 3.05. The summed E-state index contributed by atoms with van der Waals surface area (Å²) >= 11 is 0. The molecule has 70 valence electrons. The maximum atomic E-state index is 10.7. The molecule has 0 bridgehead atoms. The number of benzene rings is 1. The number of aliphatic carboxylic acids is 1. The highest BCUT2D eigenvalue weighted by molar-refractivity contribution is 6.14. The Bertz CT molecular complexity index is 478. The zero-order chi connectivity index (χ0) is 10.1. The number of carbonyl (C=O) groups is 1. The number of carboxylic acids is 1. The maximum absolute atomic E-state index is 10.7. The van der Waals surface area contributed by atoms with Crippen LogP contribution < -0.4 is 0 Å². The zero-order valence-corrected chi connectivity index (χ0v) is 7.45. The third-order valence-corrected chi connectivity index (χ3v) is 2.11. The molecule has 0 amide bonds. The molecule has 0 saturated heterocycles. The van der Waals surface area contributed by atoms with Gasteiger partial charge in [-0.1, -0.05) is 24.8 Å². The van der Waals surface area contributed by atoms with Crippen LogP contribution in [0, 0.1) is 0 Å². The summed E-state index contributed by atoms with van der Waals surface area (Å²) in [6.45, 7) is 3.49. The number of fused-ring (bicyclic) bond motifs is 1. The predicted molar refractivity (Wildman–Crippen MR) is 55.0 cm³/mol. The van der Waals surface area contributed by atoms with Crippen molar-refractivity contribution >= 4 is 22.4 Å². The number of aromatic amines is 1. The van der Waals surface area contributed by atoms with Gasteiger partial charge < -0.3 is 10.1 Å². The van der Waals surface area contributed by atoms with Gasteiger partial charge in [-0.15, -0.1) is 0 Å². The van der Waals surface area contributed by atoms with Crippen LogP contribution in [0.15, 0.2) is 36.9 Å². The number of nitrogens with one attached hydrogen (secondary N) is 1. The molecule has 1 aromatic heterocycles. The normalized spacial score (nSPS) is 10.3. The topological polar surface area (TPSA) is 53.1 Å². The lowest BCUT2D eigenvalue weighted by atomic mass is 10.2. The molecule has 0 radical (unpaired) electrons. The summed E-state index contributed by atoms with van der Waals surface area (Å²) in [6, 6.07) is 9.40. The number of hydrogen-bond donors (Lipinski definition) is 2. The lowest BCUT2D eigenvalue weighted by Gasteiger charge is -1.93. The molecule has 3 nitrogen and oxygen atoms in total. The van der Waals surface area contributed by atoms with Crippen LogP contribution in [0.2, 0.25) is 0 Å². The molecule has 0 fully saturated rings. The Morgan fingerprint density at radius 1 is 1.36 bits per heavy atom. The molecule has 0 spiro atoms. The Morgan fingerprint density at radius 3 is 2.71 bits per heavy atom. The molecular weight excluding hydrogens is 178 g/mol. The van der Waals surface area contributed by atoms with E-state index >= 15 is 0 Å². The van der Waals surface area contributed by atoms with Gasteiger partial charge in [0.15, 0.2) is 0 Å². The van der Waals surface area contributed by atoms with Gasteiger partial charge in [-0.05, 0) is 12.1 Å². The Labute approximate surface area is 80.7 Å². The average Bonchev–Trinajstić information content (AvgIpc) is 2.59. The fourth-order valence-corrected chi connectivity index (χ4v) is 1.35. The van der Waals surface area contributed by atoms with Crippen LogP contribution in [0.5, 0.6) is 0 Å². The summed E-state index contributed by atoms with van der Waals surface area (Å²) < 4.78 is 0. The van der Waals surface area contributed by atoms with Crippen molar-refractivity contribution < 1.29 is 9.90 Å². The van der Waals surface area contributed by atoms with E-state index < -0.39 is 5.97 Å². The van der Waals surface area contributed by atoms with Crippen molar-refractivity contribution in [2.75, 3.05) is 0 Å². The molecule has 2 N–H and O–H groups in total. The smallest absolute Gasteiger partial charge is 0.337 e. The quantitative estimate of drug-likeness (QED) is 0.708. The first-order valence-corrected chi connectivity index (χ1v) is 4.19. The van der Waals surface area contributed by atoms with Crippen molar-refractivity contribution in [3.63, 3.8) is 0 Å². The van der Waals surface area contributed by atoms with Gasteiger partial charge in [0.05, 0.1) is 11.3 Å². The SMILES string of the molecule is C=C(C(=O)O)c1cc2ccccc2[nH]1. The molecule has 1 aromatic carbocycles. The standard InChI is InChI=1S/C11H9NO2/c1-7(11(13)14)10-6-8-4-2-3-5-9(8)12-10/h2-6,12H,1H2,(H,13,14). The van der Waals surface area contributed by atoms with Crippen LogP contribution in [0.4, 0.5) is 0 Å². The first kappa shape index (κ1) is 8.56. The third-order valence-electron chi connectivity index (χ3n) is 2.11. The zero-order valence-electron chi connectivity index (χ0n) is 7.45. The van der Waals surface area contributed by atoms with E-state index in [0.717, 1.165) is 10.9 Å². The summed E-state index contributed by atoms with van der Waals surface area (Å²) in [6.07, 6.45) is 0. The monoisotopic (exact) mass is 187 g/mol. The molecule has 0 aliphatic carbocycles. The summed E-state index contributed by atoms with van der Waals surface area (Å²) in [5.41, 5.74) is 1.56. The van der Waals surface area contributed by atoms with Gasteiger partial charge in [0.2, 0.25) is 0 Å². The van der Waals surface area contributed by atoms with E-state index in [2.05, 4.69) is 11.6 Å². The number of hydrogen-bond acceptors (Lipinski definition) is 1. The van der Waals surface area contributed by atoms with Crippen molar-refractivity contribution in [2.24, 2.45) is 0 Å². The summed E-state index contributed by atoms with van der Waals surface area (Å²) in [5, 5.41) is 9.73. The minimum absolute atomic E-state index is 0.0844. The van der Waals surface area contributed by atoms with E-state index in [-0.39, 0.29) is 5.57 Å². The highest BCUT2D eigenvalue weighted by atomic mass is 16.4. The van der Waals surface area contributed by atoms with Crippen LogP contribution in [0.1, 0.15) is 5.69 Å². The predicted octanol–water partition coefficient (Wildman–Crippen LogP) is 2.27. The van der Waals surface area contributed by atoms with Crippen molar-refractivity contribution in [2.45, 2.75) is 0 Å². The second-order valence-corrected chi connectivity index (χ2v) is 3.05. The molecule has 0 aliphatic heterocycles. The lowest BCUT2D eigenvalue weighted by Crippen LogP contribution is -1.97. The minimum Gasteiger partial charge on any atom is -0.478 e. The molecule has 3 heteroatoms. The van der Waals surface area contributed by atoms with Gasteiger partial charge in [0.25, 0.3) is 0 Å². The Kier molecular flexibility index (Phi) is 1.85. The Balaban J connectivity index is 2.55. The second kappa shape index (κ2) is 3.03. The Morgan fingerprint density at radius 2 is 2.07 bits per heavy atom. The first-order valence-electron chi connectivity index (χ1n) is 4.19. The van der Waals surface area contributed by atoms with E-state index in [1.807, 2.05) is 24.3 Å². The summed E-state index contributed by atoms with van der Waals surface area (Å²) in [5.74, 6) is -1.00. The number of rotatable bonds is 2. The highest BCUT2D eigenvalue weighted by Crippen LogP contribution is 2.19. The van der Waals surface area contributed by atoms with Crippen LogP contribution in [-0.4, -0.2) is 16.1 Å². The minimum atomic E-state index is -1.00. The van der Waals surface area contributed by atoms with Crippen LogP contribution >= 0.6 is 0 Å². The van der Waals surface area contributed by atoms with Gasteiger partial charge >= 0.3 is 5.97 Å². The molecular formula is C11H9NO2. The van der Waals surface area contributed by atoms with Gasteiger partial charge in [0, 0.05) is 10.9 Å². The van der Waals surface area contributed by atoms with E-state index in [4.69, 9.17) is 5.11 Å². The average molecular weight is 187 g/mol. The summed E-state index contributed by atoms with van der Waals surface area (Å²) in [4.78, 5) is 13.7. The van der Waals surface area contributed by atoms with Crippen molar-refractivity contribution in [3.05, 3.63) is 42.6 Å². The lowest BCUT2D eigenvalue weighted by molar-refractivity contribution is -0.130. The number of H-pyrrole nitrogens is 1. The van der Waals surface area contributed by atoms with Crippen molar-refractivity contribution in [3.8, 4) is 0 Å². The van der Waals surface area contributed by atoms with E-state index in [1.165, 1.54) is 0 Å². The summed E-state index contributed by atoms with van der Waals surface area (Å²) in [7, 11) is 0. The molecule has 0 aliphatic rings. The van der Waals surface area contributed by atoms with Gasteiger partial charge in [-0.25, -0.2) is 4.79 Å². The first-order chi connectivity index (χ1) is 6.68. The van der Waals surface area contributed by atoms with E-state index in [9.17, 15) is 4.79 Å². The molecule has 14 heavy (non-hydrogen) atoms. The molecule has 2 aromatic rings. The highest BCUT2D eigenvalue weighted by Gasteiger charge is 2.09. The molecule has 2 rings (SSSR count).